The van der Waals surface area contributed by atoms with Gasteiger partial charge in [0.25, 0.3) is 0 Å². The molecule has 0 bridgehead atoms. The van der Waals surface area contributed by atoms with E-state index in [0.717, 1.165) is 11.7 Å². The van der Waals surface area contributed by atoms with Crippen LogP contribution in [-0.2, 0) is 4.79 Å². The summed E-state index contributed by atoms with van der Waals surface area (Å²) in [5, 5.41) is 0.250. The Hall–Kier alpha value is 0.0200. The molecule has 0 heterocycles. The Kier molecular flexibility index (Phi) is 6.73. The number of carbonyl (C=O) groups excluding carboxylic acids is 1. The van der Waals surface area contributed by atoms with E-state index in [1.807, 2.05) is 0 Å². The second-order valence-electron chi connectivity index (χ2n) is 2.87. The maximum Gasteiger partial charge on any atom is 0.185 e. The molecular weight excluding hydrogens is 156 g/mol. The van der Waals surface area contributed by atoms with Gasteiger partial charge in [-0.1, -0.05) is 38.5 Å². The molecule has 0 spiro atoms. The molecular formula is C9H18OS. The first-order valence-electron chi connectivity index (χ1n) is 4.34. The summed E-state index contributed by atoms with van der Waals surface area (Å²) in [6.45, 7) is 6.03. The molecule has 0 aliphatic heterocycles. The fourth-order valence-corrected chi connectivity index (χ4v) is 1.92. The van der Waals surface area contributed by atoms with E-state index in [1.54, 1.807) is 6.92 Å². The zero-order valence-electron chi connectivity index (χ0n) is 7.72. The smallest absolute Gasteiger partial charge is 0.185 e. The van der Waals surface area contributed by atoms with Gasteiger partial charge in [-0.05, 0) is 12.3 Å². The molecule has 0 radical (unpaired) electrons. The van der Waals surface area contributed by atoms with Crippen molar-refractivity contribution >= 4 is 16.9 Å². The van der Waals surface area contributed by atoms with E-state index in [-0.39, 0.29) is 5.12 Å². The van der Waals surface area contributed by atoms with E-state index >= 15 is 0 Å². The summed E-state index contributed by atoms with van der Waals surface area (Å²) in [5.74, 6) is 1.76. The molecule has 0 N–H and O–H groups in total. The zero-order chi connectivity index (χ0) is 8.69. The Balaban J connectivity index is 3.43. The molecule has 0 aliphatic rings. The minimum atomic E-state index is 0.250. The summed E-state index contributed by atoms with van der Waals surface area (Å²) in [6.07, 6.45) is 3.70. The summed E-state index contributed by atoms with van der Waals surface area (Å²) in [7, 11) is 0. The van der Waals surface area contributed by atoms with Crippen LogP contribution in [0.1, 0.15) is 40.0 Å². The van der Waals surface area contributed by atoms with Crippen molar-refractivity contribution in [1.29, 1.82) is 0 Å². The molecule has 0 rings (SSSR count). The van der Waals surface area contributed by atoms with Gasteiger partial charge in [0.1, 0.15) is 0 Å². The number of hydrogen-bond donors (Lipinski definition) is 0. The molecule has 11 heavy (non-hydrogen) atoms. The molecule has 0 saturated heterocycles. The predicted octanol–water partition coefficient (Wildman–Crippen LogP) is 3.09. The molecule has 66 valence electrons. The molecule has 0 aromatic carbocycles. The van der Waals surface area contributed by atoms with E-state index in [2.05, 4.69) is 13.8 Å². The van der Waals surface area contributed by atoms with Gasteiger partial charge in [0.15, 0.2) is 5.12 Å². The van der Waals surface area contributed by atoms with Crippen LogP contribution in [0, 0.1) is 5.92 Å². The molecule has 0 saturated carbocycles. The summed E-state index contributed by atoms with van der Waals surface area (Å²) >= 11 is 1.46. The lowest BCUT2D eigenvalue weighted by Crippen LogP contribution is -2.03. The van der Waals surface area contributed by atoms with Crippen LogP contribution >= 0.6 is 11.8 Å². The lowest BCUT2D eigenvalue weighted by Gasteiger charge is -2.10. The quantitative estimate of drug-likeness (QED) is 0.637. The Morgan fingerprint density at radius 2 is 2.09 bits per heavy atom. The summed E-state index contributed by atoms with van der Waals surface area (Å²) in [5.41, 5.74) is 0. The third kappa shape index (κ3) is 6.42. The van der Waals surface area contributed by atoms with Crippen molar-refractivity contribution in [3.05, 3.63) is 0 Å². The van der Waals surface area contributed by atoms with Gasteiger partial charge in [-0.25, -0.2) is 0 Å². The standard InChI is InChI=1S/C9H18OS/c1-4-6-9(5-2)7-11-8(3)10/h9H,4-7H2,1-3H3. The molecule has 0 aromatic heterocycles. The van der Waals surface area contributed by atoms with E-state index in [4.69, 9.17) is 0 Å². The highest BCUT2D eigenvalue weighted by Gasteiger charge is 2.05. The van der Waals surface area contributed by atoms with Crippen molar-refractivity contribution in [1.82, 2.24) is 0 Å². The van der Waals surface area contributed by atoms with E-state index in [9.17, 15) is 4.79 Å². The van der Waals surface area contributed by atoms with Crippen molar-refractivity contribution in [3.63, 3.8) is 0 Å². The van der Waals surface area contributed by atoms with Gasteiger partial charge in [0.05, 0.1) is 0 Å². The van der Waals surface area contributed by atoms with Gasteiger partial charge >= 0.3 is 0 Å². The van der Waals surface area contributed by atoms with Crippen LogP contribution in [0.2, 0.25) is 0 Å². The van der Waals surface area contributed by atoms with Gasteiger partial charge in [-0.2, -0.15) is 0 Å². The number of hydrogen-bond acceptors (Lipinski definition) is 2. The van der Waals surface area contributed by atoms with Crippen molar-refractivity contribution in [2.24, 2.45) is 5.92 Å². The monoisotopic (exact) mass is 174 g/mol. The first-order chi connectivity index (χ1) is 5.20. The maximum absolute atomic E-state index is 10.6. The largest absolute Gasteiger partial charge is 0.288 e. The van der Waals surface area contributed by atoms with E-state index in [0.29, 0.717) is 0 Å². The van der Waals surface area contributed by atoms with Crippen molar-refractivity contribution < 1.29 is 4.79 Å². The van der Waals surface area contributed by atoms with Gasteiger partial charge in [-0.3, -0.25) is 4.79 Å². The molecule has 2 heteroatoms. The van der Waals surface area contributed by atoms with E-state index in [1.165, 1.54) is 31.0 Å². The van der Waals surface area contributed by atoms with Crippen LogP contribution in [0.5, 0.6) is 0 Å². The minimum Gasteiger partial charge on any atom is -0.288 e. The maximum atomic E-state index is 10.6. The Bertz CT molecular complexity index is 112. The average Bonchev–Trinajstić information content (AvgIpc) is 1.97. The fourth-order valence-electron chi connectivity index (χ4n) is 1.05. The Morgan fingerprint density at radius 1 is 1.45 bits per heavy atom. The highest BCUT2D eigenvalue weighted by molar-refractivity contribution is 8.13. The Labute approximate surface area is 73.9 Å². The first-order valence-corrected chi connectivity index (χ1v) is 5.32. The third-order valence-electron chi connectivity index (χ3n) is 1.80. The molecule has 1 unspecified atom stereocenters. The lowest BCUT2D eigenvalue weighted by molar-refractivity contribution is -0.109. The molecule has 0 amide bonds. The van der Waals surface area contributed by atoms with Crippen LogP contribution < -0.4 is 0 Å². The fraction of sp³-hybridized carbons (Fsp3) is 0.889. The van der Waals surface area contributed by atoms with Crippen LogP contribution in [0.4, 0.5) is 0 Å². The number of carbonyl (C=O) groups is 1. The molecule has 0 fully saturated rings. The molecule has 0 aliphatic carbocycles. The zero-order valence-corrected chi connectivity index (χ0v) is 8.54. The normalized spacial score (nSPS) is 13.0. The van der Waals surface area contributed by atoms with E-state index < -0.39 is 0 Å². The van der Waals surface area contributed by atoms with Crippen molar-refractivity contribution in [2.45, 2.75) is 40.0 Å². The molecule has 1 nitrogen and oxygen atoms in total. The van der Waals surface area contributed by atoms with Crippen LogP contribution in [0.25, 0.3) is 0 Å². The van der Waals surface area contributed by atoms with Crippen LogP contribution in [0.15, 0.2) is 0 Å². The lowest BCUT2D eigenvalue weighted by atomic mass is 10.0. The summed E-state index contributed by atoms with van der Waals surface area (Å²) in [6, 6.07) is 0. The van der Waals surface area contributed by atoms with Crippen molar-refractivity contribution in [3.8, 4) is 0 Å². The first kappa shape index (κ1) is 11.0. The van der Waals surface area contributed by atoms with Gasteiger partial charge in [0.2, 0.25) is 0 Å². The summed E-state index contributed by atoms with van der Waals surface area (Å²) < 4.78 is 0. The van der Waals surface area contributed by atoms with Gasteiger partial charge in [0, 0.05) is 12.7 Å². The third-order valence-corrected chi connectivity index (χ3v) is 2.84. The predicted molar refractivity (Wildman–Crippen MR) is 51.8 cm³/mol. The molecule has 1 atom stereocenters. The van der Waals surface area contributed by atoms with Gasteiger partial charge < -0.3 is 0 Å². The topological polar surface area (TPSA) is 17.1 Å². The highest BCUT2D eigenvalue weighted by Crippen LogP contribution is 2.17. The second kappa shape index (κ2) is 6.71. The SMILES string of the molecule is CCCC(CC)CSC(C)=O. The second-order valence-corrected chi connectivity index (χ2v) is 4.06. The van der Waals surface area contributed by atoms with Crippen molar-refractivity contribution in [2.75, 3.05) is 5.75 Å². The van der Waals surface area contributed by atoms with Crippen LogP contribution in [-0.4, -0.2) is 10.9 Å². The minimum absolute atomic E-state index is 0.250. The number of thioether (sulfide) groups is 1. The average molecular weight is 174 g/mol. The Morgan fingerprint density at radius 3 is 2.45 bits per heavy atom. The molecule has 0 aromatic rings. The highest BCUT2D eigenvalue weighted by atomic mass is 32.2. The summed E-state index contributed by atoms with van der Waals surface area (Å²) in [4.78, 5) is 10.6. The van der Waals surface area contributed by atoms with Gasteiger partial charge in [-0.15, -0.1) is 0 Å². The number of rotatable bonds is 5. The van der Waals surface area contributed by atoms with Crippen LogP contribution in [0.3, 0.4) is 0 Å².